The van der Waals surface area contributed by atoms with Gasteiger partial charge in [-0.2, -0.15) is 0 Å². The van der Waals surface area contributed by atoms with E-state index in [0.717, 1.165) is 33.5 Å². The van der Waals surface area contributed by atoms with Crippen molar-refractivity contribution in [3.05, 3.63) is 43.0 Å². The van der Waals surface area contributed by atoms with Gasteiger partial charge in [-0.15, -0.1) is 5.10 Å². The molecule has 1 fully saturated rings. The van der Waals surface area contributed by atoms with E-state index >= 15 is 0 Å². The molecule has 5 rings (SSSR count). The first kappa shape index (κ1) is 16.0. The molecule has 0 bridgehead atoms. The Balaban J connectivity index is 1.52. The molecule has 4 aromatic rings. The zero-order chi connectivity index (χ0) is 18.4. The zero-order valence-corrected chi connectivity index (χ0v) is 15.3. The Morgan fingerprint density at radius 1 is 1.15 bits per heavy atom. The SMILES string of the molecule is COc1ncnc2ccc(-c3ccn4nc(NC5CC(C)C5)ncc34)cc12. The lowest BCUT2D eigenvalue weighted by molar-refractivity contribution is 0.307. The Labute approximate surface area is 156 Å². The quantitative estimate of drug-likeness (QED) is 0.600. The molecule has 0 radical (unpaired) electrons. The van der Waals surface area contributed by atoms with Crippen molar-refractivity contribution in [2.24, 2.45) is 5.92 Å². The van der Waals surface area contributed by atoms with Crippen LogP contribution < -0.4 is 10.1 Å². The van der Waals surface area contributed by atoms with Crippen molar-refractivity contribution in [2.75, 3.05) is 12.4 Å². The number of rotatable bonds is 4. The van der Waals surface area contributed by atoms with Crippen LogP contribution >= 0.6 is 0 Å². The molecule has 136 valence electrons. The minimum absolute atomic E-state index is 0.487. The number of nitrogens with one attached hydrogen (secondary N) is 1. The Hall–Kier alpha value is -3.22. The van der Waals surface area contributed by atoms with Gasteiger partial charge in [0.1, 0.15) is 6.33 Å². The second-order valence-electron chi connectivity index (χ2n) is 7.17. The van der Waals surface area contributed by atoms with Crippen molar-refractivity contribution >= 4 is 22.4 Å². The number of fused-ring (bicyclic) bond motifs is 2. The molecule has 3 aromatic heterocycles. The molecule has 0 amide bonds. The summed E-state index contributed by atoms with van der Waals surface area (Å²) < 4.78 is 7.25. The number of hydrogen-bond acceptors (Lipinski definition) is 6. The first-order valence-corrected chi connectivity index (χ1v) is 9.11. The van der Waals surface area contributed by atoms with Gasteiger partial charge in [0.25, 0.3) is 0 Å². The van der Waals surface area contributed by atoms with Crippen LogP contribution in [0.15, 0.2) is 43.0 Å². The first-order valence-electron chi connectivity index (χ1n) is 9.11. The minimum atomic E-state index is 0.487. The van der Waals surface area contributed by atoms with Crippen LogP contribution in [0.4, 0.5) is 5.95 Å². The average Bonchev–Trinajstić information content (AvgIpc) is 3.09. The maximum atomic E-state index is 5.37. The third kappa shape index (κ3) is 2.75. The fourth-order valence-electron chi connectivity index (χ4n) is 3.78. The summed E-state index contributed by atoms with van der Waals surface area (Å²) in [5, 5.41) is 8.91. The van der Waals surface area contributed by atoms with Crippen molar-refractivity contribution in [1.29, 1.82) is 0 Å². The van der Waals surface area contributed by atoms with Gasteiger partial charge in [0, 0.05) is 17.8 Å². The third-order valence-corrected chi connectivity index (χ3v) is 5.23. The van der Waals surface area contributed by atoms with Crippen LogP contribution in [0.1, 0.15) is 19.8 Å². The van der Waals surface area contributed by atoms with Crippen molar-refractivity contribution in [2.45, 2.75) is 25.8 Å². The molecule has 0 aliphatic heterocycles. The van der Waals surface area contributed by atoms with Crippen LogP contribution in [0, 0.1) is 5.92 Å². The molecule has 1 aromatic carbocycles. The second kappa shape index (κ2) is 6.19. The van der Waals surface area contributed by atoms with E-state index in [1.165, 1.54) is 19.2 Å². The molecule has 0 atom stereocenters. The largest absolute Gasteiger partial charge is 0.480 e. The number of ether oxygens (including phenoxy) is 1. The summed E-state index contributed by atoms with van der Waals surface area (Å²) in [6.07, 6.45) is 7.71. The van der Waals surface area contributed by atoms with Gasteiger partial charge < -0.3 is 10.1 Å². The first-order chi connectivity index (χ1) is 13.2. The van der Waals surface area contributed by atoms with Gasteiger partial charge in [-0.1, -0.05) is 13.0 Å². The van der Waals surface area contributed by atoms with Gasteiger partial charge in [-0.25, -0.2) is 19.5 Å². The van der Waals surface area contributed by atoms with Crippen LogP contribution in [0.25, 0.3) is 27.5 Å². The zero-order valence-electron chi connectivity index (χ0n) is 15.3. The monoisotopic (exact) mass is 360 g/mol. The van der Waals surface area contributed by atoms with Crippen molar-refractivity contribution in [3.63, 3.8) is 0 Å². The summed E-state index contributed by atoms with van der Waals surface area (Å²) in [6.45, 7) is 2.27. The van der Waals surface area contributed by atoms with Crippen molar-refractivity contribution < 1.29 is 4.74 Å². The standard InChI is InChI=1S/C20H20N6O/c1-12-7-14(8-12)24-20-21-10-18-15(5-6-26(18)25-20)13-3-4-17-16(9-13)19(27-2)23-11-22-17/h3-6,9-12,14H,7-8H2,1-2H3,(H,24,25). The Morgan fingerprint density at radius 2 is 2.04 bits per heavy atom. The molecule has 1 N–H and O–H groups in total. The third-order valence-electron chi connectivity index (χ3n) is 5.23. The van der Waals surface area contributed by atoms with Gasteiger partial charge in [-0.3, -0.25) is 0 Å². The summed E-state index contributed by atoms with van der Waals surface area (Å²) in [5.74, 6) is 2.04. The molecule has 1 aliphatic rings. The molecule has 7 nitrogen and oxygen atoms in total. The second-order valence-corrected chi connectivity index (χ2v) is 7.17. The number of anilines is 1. The van der Waals surface area contributed by atoms with E-state index in [1.807, 2.05) is 35.1 Å². The van der Waals surface area contributed by atoms with Crippen LogP contribution in [0.5, 0.6) is 5.88 Å². The topological polar surface area (TPSA) is 77.2 Å². The fraction of sp³-hybridized carbons (Fsp3) is 0.300. The Kier molecular flexibility index (Phi) is 3.67. The van der Waals surface area contributed by atoms with Gasteiger partial charge in [0.15, 0.2) is 0 Å². The van der Waals surface area contributed by atoms with Crippen LogP contribution in [0.3, 0.4) is 0 Å². The highest BCUT2D eigenvalue weighted by Gasteiger charge is 2.25. The highest BCUT2D eigenvalue weighted by Crippen LogP contribution is 2.31. The lowest BCUT2D eigenvalue weighted by Gasteiger charge is -2.33. The summed E-state index contributed by atoms with van der Waals surface area (Å²) >= 11 is 0. The maximum absolute atomic E-state index is 5.37. The minimum Gasteiger partial charge on any atom is -0.480 e. The number of aromatic nitrogens is 5. The Morgan fingerprint density at radius 3 is 2.85 bits per heavy atom. The maximum Gasteiger partial charge on any atom is 0.241 e. The summed E-state index contributed by atoms with van der Waals surface area (Å²) in [5.41, 5.74) is 3.92. The molecular weight excluding hydrogens is 340 g/mol. The van der Waals surface area contributed by atoms with E-state index in [-0.39, 0.29) is 0 Å². The number of nitrogens with zero attached hydrogens (tertiary/aromatic N) is 5. The highest BCUT2D eigenvalue weighted by atomic mass is 16.5. The lowest BCUT2D eigenvalue weighted by Crippen LogP contribution is -2.34. The highest BCUT2D eigenvalue weighted by molar-refractivity contribution is 5.91. The average molecular weight is 360 g/mol. The lowest BCUT2D eigenvalue weighted by atomic mass is 9.82. The van der Waals surface area contributed by atoms with Gasteiger partial charge in [0.2, 0.25) is 11.8 Å². The predicted octanol–water partition coefficient (Wildman–Crippen LogP) is 3.56. The number of methoxy groups -OCH3 is 1. The summed E-state index contributed by atoms with van der Waals surface area (Å²) in [4.78, 5) is 13.0. The molecule has 1 aliphatic carbocycles. The van der Waals surface area contributed by atoms with E-state index in [1.54, 1.807) is 7.11 Å². The molecule has 0 spiro atoms. The molecule has 27 heavy (non-hydrogen) atoms. The molecule has 7 heteroatoms. The van der Waals surface area contributed by atoms with E-state index in [0.29, 0.717) is 17.9 Å². The summed E-state index contributed by atoms with van der Waals surface area (Å²) in [6, 6.07) is 8.61. The van der Waals surface area contributed by atoms with Crippen LogP contribution in [0.2, 0.25) is 0 Å². The van der Waals surface area contributed by atoms with Gasteiger partial charge in [-0.05, 0) is 42.5 Å². The van der Waals surface area contributed by atoms with E-state index < -0.39 is 0 Å². The normalized spacial score (nSPS) is 19.2. The smallest absolute Gasteiger partial charge is 0.241 e. The van der Waals surface area contributed by atoms with Crippen LogP contribution in [-0.2, 0) is 0 Å². The molecule has 3 heterocycles. The molecule has 0 saturated heterocycles. The number of hydrogen-bond donors (Lipinski definition) is 1. The molecule has 0 unspecified atom stereocenters. The van der Waals surface area contributed by atoms with Crippen molar-refractivity contribution in [3.8, 4) is 17.0 Å². The summed E-state index contributed by atoms with van der Waals surface area (Å²) in [7, 11) is 1.62. The van der Waals surface area contributed by atoms with Crippen LogP contribution in [-0.4, -0.2) is 37.7 Å². The van der Waals surface area contributed by atoms with E-state index in [4.69, 9.17) is 4.74 Å². The van der Waals surface area contributed by atoms with Gasteiger partial charge in [0.05, 0.1) is 29.7 Å². The van der Waals surface area contributed by atoms with E-state index in [2.05, 4.69) is 38.4 Å². The fourth-order valence-corrected chi connectivity index (χ4v) is 3.78. The predicted molar refractivity (Wildman–Crippen MR) is 104 cm³/mol. The van der Waals surface area contributed by atoms with Gasteiger partial charge >= 0.3 is 0 Å². The molecule has 1 saturated carbocycles. The van der Waals surface area contributed by atoms with Crippen molar-refractivity contribution in [1.82, 2.24) is 24.6 Å². The Bertz CT molecular complexity index is 1130. The molecular formula is C20H20N6O. The van der Waals surface area contributed by atoms with E-state index in [9.17, 15) is 0 Å². The number of benzene rings is 1.